The van der Waals surface area contributed by atoms with Crippen molar-refractivity contribution in [2.75, 3.05) is 13.1 Å². The number of halogens is 1. The van der Waals surface area contributed by atoms with Crippen LogP contribution in [0.1, 0.15) is 30.1 Å². The van der Waals surface area contributed by atoms with E-state index in [1.807, 2.05) is 6.92 Å². The third kappa shape index (κ3) is 3.23. The highest BCUT2D eigenvalue weighted by Gasteiger charge is 2.27. The molecule has 19 heavy (non-hydrogen) atoms. The summed E-state index contributed by atoms with van der Waals surface area (Å²) in [7, 11) is 0. The Morgan fingerprint density at radius 2 is 2.21 bits per heavy atom. The van der Waals surface area contributed by atoms with Crippen molar-refractivity contribution in [3.63, 3.8) is 0 Å². The molecule has 0 atom stereocenters. The van der Waals surface area contributed by atoms with Gasteiger partial charge < -0.3 is 4.90 Å². The van der Waals surface area contributed by atoms with Crippen molar-refractivity contribution in [2.45, 2.75) is 19.8 Å². The second-order valence-corrected chi connectivity index (χ2v) is 5.12. The topological polar surface area (TPSA) is 63.5 Å². The maximum Gasteiger partial charge on any atom is 0.287 e. The van der Waals surface area contributed by atoms with Crippen molar-refractivity contribution in [1.29, 1.82) is 0 Å². The Bertz CT molecular complexity index is 515. The quantitative estimate of drug-likeness (QED) is 0.616. The van der Waals surface area contributed by atoms with Crippen molar-refractivity contribution in [3.05, 3.63) is 38.9 Å². The third-order valence-electron chi connectivity index (χ3n) is 3.24. The van der Waals surface area contributed by atoms with Crippen molar-refractivity contribution in [1.82, 2.24) is 4.90 Å². The molecule has 1 aromatic carbocycles. The van der Waals surface area contributed by atoms with Crippen LogP contribution < -0.4 is 0 Å². The standard InChI is InChI=1S/C13H15ClN2O3/c1-2-15(8-9-3-4-9)13(17)10-5-6-12(16(18)19)11(14)7-10/h5-7,9H,2-4,8H2,1H3. The van der Waals surface area contributed by atoms with Crippen LogP contribution in [-0.4, -0.2) is 28.8 Å². The summed E-state index contributed by atoms with van der Waals surface area (Å²) in [5, 5.41) is 10.7. The van der Waals surface area contributed by atoms with Crippen LogP contribution in [-0.2, 0) is 0 Å². The monoisotopic (exact) mass is 282 g/mol. The van der Waals surface area contributed by atoms with E-state index in [-0.39, 0.29) is 16.6 Å². The Balaban J connectivity index is 2.17. The maximum absolute atomic E-state index is 12.3. The van der Waals surface area contributed by atoms with Gasteiger partial charge in [0.15, 0.2) is 0 Å². The number of rotatable bonds is 5. The molecule has 0 N–H and O–H groups in total. The molecule has 1 amide bonds. The molecule has 0 unspecified atom stereocenters. The van der Waals surface area contributed by atoms with Gasteiger partial charge in [-0.2, -0.15) is 0 Å². The van der Waals surface area contributed by atoms with Gasteiger partial charge in [-0.05, 0) is 37.8 Å². The number of benzene rings is 1. The van der Waals surface area contributed by atoms with Crippen LogP contribution in [0.2, 0.25) is 5.02 Å². The first-order valence-electron chi connectivity index (χ1n) is 6.26. The summed E-state index contributed by atoms with van der Waals surface area (Å²) in [5.41, 5.74) is 0.224. The zero-order chi connectivity index (χ0) is 14.0. The Hall–Kier alpha value is -1.62. The zero-order valence-electron chi connectivity index (χ0n) is 10.6. The van der Waals surface area contributed by atoms with Crippen LogP contribution in [0.4, 0.5) is 5.69 Å². The first-order valence-corrected chi connectivity index (χ1v) is 6.64. The first kappa shape index (κ1) is 13.8. The number of carbonyl (C=O) groups excluding carboxylic acids is 1. The predicted octanol–water partition coefficient (Wildman–Crippen LogP) is 3.12. The van der Waals surface area contributed by atoms with E-state index in [4.69, 9.17) is 11.6 Å². The van der Waals surface area contributed by atoms with E-state index in [2.05, 4.69) is 0 Å². The summed E-state index contributed by atoms with van der Waals surface area (Å²) in [4.78, 5) is 24.1. The van der Waals surface area contributed by atoms with Crippen molar-refractivity contribution in [2.24, 2.45) is 5.92 Å². The maximum atomic E-state index is 12.3. The number of nitrogens with zero attached hydrogens (tertiary/aromatic N) is 2. The number of nitro groups is 1. The summed E-state index contributed by atoms with van der Waals surface area (Å²) in [6, 6.07) is 4.11. The van der Waals surface area contributed by atoms with Crippen LogP contribution in [0.15, 0.2) is 18.2 Å². The average molecular weight is 283 g/mol. The van der Waals surface area contributed by atoms with Gasteiger partial charge in [0.25, 0.3) is 11.6 Å². The molecule has 1 saturated carbocycles. The normalized spacial score (nSPS) is 14.2. The molecule has 0 saturated heterocycles. The number of carbonyl (C=O) groups is 1. The predicted molar refractivity (Wildman–Crippen MR) is 72.4 cm³/mol. The number of hydrogen-bond acceptors (Lipinski definition) is 3. The summed E-state index contributed by atoms with van der Waals surface area (Å²) in [6.07, 6.45) is 2.34. The van der Waals surface area contributed by atoms with Gasteiger partial charge in [0, 0.05) is 24.7 Å². The summed E-state index contributed by atoms with van der Waals surface area (Å²) in [6.45, 7) is 3.31. The van der Waals surface area contributed by atoms with Crippen molar-refractivity contribution in [3.8, 4) is 0 Å². The van der Waals surface area contributed by atoms with Crippen LogP contribution in [0.5, 0.6) is 0 Å². The van der Waals surface area contributed by atoms with Gasteiger partial charge in [-0.25, -0.2) is 0 Å². The minimum Gasteiger partial charge on any atom is -0.339 e. The van der Waals surface area contributed by atoms with Gasteiger partial charge in [-0.1, -0.05) is 11.6 Å². The van der Waals surface area contributed by atoms with Gasteiger partial charge in [0.05, 0.1) is 4.92 Å². The molecule has 2 rings (SSSR count). The van der Waals surface area contributed by atoms with E-state index in [1.165, 1.54) is 31.0 Å². The molecule has 0 aromatic heterocycles. The molecular formula is C13H15ClN2O3. The Morgan fingerprint density at radius 1 is 1.53 bits per heavy atom. The van der Waals surface area contributed by atoms with Gasteiger partial charge in [0.1, 0.15) is 5.02 Å². The lowest BCUT2D eigenvalue weighted by atomic mass is 10.1. The zero-order valence-corrected chi connectivity index (χ0v) is 11.4. The molecule has 1 aliphatic carbocycles. The van der Waals surface area contributed by atoms with Crippen LogP contribution in [0.3, 0.4) is 0 Å². The van der Waals surface area contributed by atoms with E-state index < -0.39 is 4.92 Å². The minimum atomic E-state index is -0.557. The number of nitro benzene ring substituents is 1. The SMILES string of the molecule is CCN(CC1CC1)C(=O)c1ccc([N+](=O)[O-])c(Cl)c1. The molecule has 0 heterocycles. The van der Waals surface area contributed by atoms with E-state index in [0.717, 1.165) is 6.54 Å². The molecule has 5 nitrogen and oxygen atoms in total. The lowest BCUT2D eigenvalue weighted by Gasteiger charge is -2.20. The highest BCUT2D eigenvalue weighted by molar-refractivity contribution is 6.33. The number of amides is 1. The van der Waals surface area contributed by atoms with Crippen LogP contribution >= 0.6 is 11.6 Å². The molecule has 1 fully saturated rings. The largest absolute Gasteiger partial charge is 0.339 e. The second kappa shape index (κ2) is 5.57. The summed E-state index contributed by atoms with van der Waals surface area (Å²) >= 11 is 5.82. The van der Waals surface area contributed by atoms with Gasteiger partial charge in [-0.15, -0.1) is 0 Å². The van der Waals surface area contributed by atoms with Crippen LogP contribution in [0, 0.1) is 16.0 Å². The van der Waals surface area contributed by atoms with Gasteiger partial charge in [0.2, 0.25) is 0 Å². The molecule has 1 aromatic rings. The van der Waals surface area contributed by atoms with E-state index in [1.54, 1.807) is 4.90 Å². The molecule has 0 spiro atoms. The lowest BCUT2D eigenvalue weighted by molar-refractivity contribution is -0.384. The molecule has 6 heteroatoms. The number of hydrogen-bond donors (Lipinski definition) is 0. The molecule has 0 radical (unpaired) electrons. The summed E-state index contributed by atoms with van der Waals surface area (Å²) < 4.78 is 0. The fraction of sp³-hybridized carbons (Fsp3) is 0.462. The Labute approximate surface area is 116 Å². The highest BCUT2D eigenvalue weighted by Crippen LogP contribution is 2.30. The fourth-order valence-electron chi connectivity index (χ4n) is 1.94. The second-order valence-electron chi connectivity index (χ2n) is 4.71. The molecule has 102 valence electrons. The van der Waals surface area contributed by atoms with Gasteiger partial charge >= 0.3 is 0 Å². The Morgan fingerprint density at radius 3 is 2.68 bits per heavy atom. The lowest BCUT2D eigenvalue weighted by Crippen LogP contribution is -2.32. The van der Waals surface area contributed by atoms with E-state index in [0.29, 0.717) is 18.0 Å². The van der Waals surface area contributed by atoms with Crippen molar-refractivity contribution < 1.29 is 9.72 Å². The molecule has 1 aliphatic rings. The Kier molecular flexibility index (Phi) is 4.04. The third-order valence-corrected chi connectivity index (χ3v) is 3.54. The fourth-order valence-corrected chi connectivity index (χ4v) is 2.19. The van der Waals surface area contributed by atoms with Gasteiger partial charge in [-0.3, -0.25) is 14.9 Å². The first-order chi connectivity index (χ1) is 9.02. The summed E-state index contributed by atoms with van der Waals surface area (Å²) in [5.74, 6) is 0.489. The molecule has 0 bridgehead atoms. The smallest absolute Gasteiger partial charge is 0.287 e. The molecule has 0 aliphatic heterocycles. The highest BCUT2D eigenvalue weighted by atomic mass is 35.5. The minimum absolute atomic E-state index is 0.00155. The van der Waals surface area contributed by atoms with Crippen molar-refractivity contribution >= 4 is 23.2 Å². The average Bonchev–Trinajstić information content (AvgIpc) is 3.18. The van der Waals surface area contributed by atoms with Crippen LogP contribution in [0.25, 0.3) is 0 Å². The van der Waals surface area contributed by atoms with E-state index >= 15 is 0 Å². The van der Waals surface area contributed by atoms with E-state index in [9.17, 15) is 14.9 Å². The molecular weight excluding hydrogens is 268 g/mol.